The van der Waals surface area contributed by atoms with Gasteiger partial charge >= 0.3 is 0 Å². The third-order valence-electron chi connectivity index (χ3n) is 1.68. The van der Waals surface area contributed by atoms with Crippen LogP contribution in [0, 0.1) is 0 Å². The number of rotatable bonds is 5. The molecule has 8 heteroatoms. The molecule has 0 spiro atoms. The molecule has 1 rings (SSSR count). The lowest BCUT2D eigenvalue weighted by atomic mass is 10.4. The van der Waals surface area contributed by atoms with E-state index in [-0.39, 0.29) is 11.6 Å². The Morgan fingerprint density at radius 1 is 1.67 bits per heavy atom. The molecule has 7 nitrogen and oxygen atoms in total. The summed E-state index contributed by atoms with van der Waals surface area (Å²) in [6, 6.07) is 0. The molecular formula is C7H13N3O4S. The highest BCUT2D eigenvalue weighted by Crippen LogP contribution is 2.03. The van der Waals surface area contributed by atoms with Gasteiger partial charge in [0, 0.05) is 19.8 Å². The Kier molecular flexibility index (Phi) is 3.80. The van der Waals surface area contributed by atoms with E-state index in [1.54, 1.807) is 7.05 Å². The molecule has 1 unspecified atom stereocenters. The highest BCUT2D eigenvalue weighted by Gasteiger charge is 2.17. The summed E-state index contributed by atoms with van der Waals surface area (Å²) in [6.07, 6.45) is 1.59. The lowest BCUT2D eigenvalue weighted by molar-refractivity contribution is 0.0988. The number of imidazole rings is 1. The van der Waals surface area contributed by atoms with E-state index < -0.39 is 22.7 Å². The molecule has 0 saturated heterocycles. The highest BCUT2D eigenvalue weighted by atomic mass is 32.2. The largest absolute Gasteiger partial charge is 0.394 e. The van der Waals surface area contributed by atoms with Crippen LogP contribution in [0.2, 0.25) is 0 Å². The summed E-state index contributed by atoms with van der Waals surface area (Å²) in [5, 5.41) is 17.4. The quantitative estimate of drug-likeness (QED) is 0.550. The van der Waals surface area contributed by atoms with Gasteiger partial charge < -0.3 is 14.8 Å². The highest BCUT2D eigenvalue weighted by molar-refractivity contribution is 7.89. The van der Waals surface area contributed by atoms with Gasteiger partial charge in [-0.25, -0.2) is 18.1 Å². The average Bonchev–Trinajstić information content (AvgIpc) is 2.62. The minimum Gasteiger partial charge on any atom is -0.394 e. The Morgan fingerprint density at radius 2 is 2.33 bits per heavy atom. The lowest BCUT2D eigenvalue weighted by Crippen LogP contribution is -2.34. The van der Waals surface area contributed by atoms with Gasteiger partial charge in [-0.05, 0) is 0 Å². The standard InChI is InChI=1S/C7H13N3O4S/c1-10-3-7(8-5-10)15(13,14)9-2-6(12)4-11/h3,5-6,9,11-12H,2,4H2,1H3. The summed E-state index contributed by atoms with van der Waals surface area (Å²) in [5.41, 5.74) is 0. The first-order chi connectivity index (χ1) is 6.95. The first-order valence-electron chi connectivity index (χ1n) is 4.22. The van der Waals surface area contributed by atoms with Crippen LogP contribution in [0.15, 0.2) is 17.6 Å². The van der Waals surface area contributed by atoms with Crippen molar-refractivity contribution in [3.05, 3.63) is 12.5 Å². The van der Waals surface area contributed by atoms with E-state index in [9.17, 15) is 8.42 Å². The van der Waals surface area contributed by atoms with Gasteiger partial charge in [-0.15, -0.1) is 0 Å². The predicted molar refractivity (Wildman–Crippen MR) is 51.5 cm³/mol. The molecule has 3 N–H and O–H groups in total. The van der Waals surface area contributed by atoms with Gasteiger partial charge in [0.2, 0.25) is 0 Å². The van der Waals surface area contributed by atoms with Crippen molar-refractivity contribution in [2.45, 2.75) is 11.1 Å². The number of nitrogens with one attached hydrogen (secondary N) is 1. The van der Waals surface area contributed by atoms with Crippen molar-refractivity contribution >= 4 is 10.0 Å². The Hall–Kier alpha value is -0.960. The fraction of sp³-hybridized carbons (Fsp3) is 0.571. The third-order valence-corrected chi connectivity index (χ3v) is 2.98. The number of hydrogen-bond donors (Lipinski definition) is 3. The second-order valence-corrected chi connectivity index (χ2v) is 4.78. The van der Waals surface area contributed by atoms with Crippen molar-refractivity contribution in [3.8, 4) is 0 Å². The number of sulfonamides is 1. The number of aliphatic hydroxyl groups excluding tert-OH is 2. The van der Waals surface area contributed by atoms with Crippen molar-refractivity contribution in [2.24, 2.45) is 7.05 Å². The molecule has 0 bridgehead atoms. The average molecular weight is 235 g/mol. The van der Waals surface area contributed by atoms with Gasteiger partial charge in [-0.3, -0.25) is 0 Å². The normalized spacial score (nSPS) is 14.1. The van der Waals surface area contributed by atoms with E-state index in [1.165, 1.54) is 17.1 Å². The fourth-order valence-corrected chi connectivity index (χ4v) is 1.92. The van der Waals surface area contributed by atoms with E-state index in [4.69, 9.17) is 10.2 Å². The van der Waals surface area contributed by atoms with Crippen molar-refractivity contribution in [1.82, 2.24) is 14.3 Å². The smallest absolute Gasteiger partial charge is 0.259 e. The first kappa shape index (κ1) is 12.1. The summed E-state index contributed by atoms with van der Waals surface area (Å²) in [7, 11) is -2.05. The number of hydrogen-bond acceptors (Lipinski definition) is 5. The summed E-state index contributed by atoms with van der Waals surface area (Å²) in [5.74, 6) is 0. The van der Waals surface area contributed by atoms with Crippen LogP contribution in [0.1, 0.15) is 0 Å². The van der Waals surface area contributed by atoms with Crippen LogP contribution in [-0.2, 0) is 17.1 Å². The van der Waals surface area contributed by atoms with Crippen molar-refractivity contribution in [3.63, 3.8) is 0 Å². The topological polar surface area (TPSA) is 104 Å². The Bertz CT molecular complexity index is 414. The Morgan fingerprint density at radius 3 is 2.80 bits per heavy atom. The van der Waals surface area contributed by atoms with Crippen LogP contribution in [-0.4, -0.2) is 47.4 Å². The molecule has 1 atom stereocenters. The van der Waals surface area contributed by atoms with Crippen molar-refractivity contribution in [1.29, 1.82) is 0 Å². The number of aliphatic hydroxyl groups is 2. The minimum absolute atomic E-state index is 0.116. The summed E-state index contributed by atoms with van der Waals surface area (Å²) >= 11 is 0. The molecule has 0 saturated carbocycles. The molecule has 1 heterocycles. The fourth-order valence-electron chi connectivity index (χ4n) is 0.872. The van der Waals surface area contributed by atoms with Gasteiger partial charge in [0.1, 0.15) is 0 Å². The van der Waals surface area contributed by atoms with Gasteiger partial charge in [0.05, 0.1) is 19.0 Å². The van der Waals surface area contributed by atoms with Crippen molar-refractivity contribution in [2.75, 3.05) is 13.2 Å². The molecule has 0 aromatic carbocycles. The molecule has 1 aromatic rings. The van der Waals surface area contributed by atoms with Gasteiger partial charge in [0.15, 0.2) is 5.03 Å². The van der Waals surface area contributed by atoms with Crippen LogP contribution in [0.5, 0.6) is 0 Å². The van der Waals surface area contributed by atoms with Gasteiger partial charge in [-0.2, -0.15) is 0 Å². The Labute approximate surface area is 87.4 Å². The molecule has 1 aromatic heterocycles. The van der Waals surface area contributed by atoms with E-state index in [2.05, 4.69) is 9.71 Å². The van der Waals surface area contributed by atoms with Crippen LogP contribution in [0.4, 0.5) is 0 Å². The number of aromatic nitrogens is 2. The van der Waals surface area contributed by atoms with Crippen LogP contribution in [0.25, 0.3) is 0 Å². The zero-order chi connectivity index (χ0) is 11.5. The van der Waals surface area contributed by atoms with Crippen molar-refractivity contribution < 1.29 is 18.6 Å². The maximum atomic E-state index is 11.5. The monoisotopic (exact) mass is 235 g/mol. The number of aryl methyl sites for hydroxylation is 1. The maximum Gasteiger partial charge on any atom is 0.259 e. The summed E-state index contributed by atoms with van der Waals surface area (Å²) < 4.78 is 26.6. The molecule has 0 fully saturated rings. The Balaban J connectivity index is 2.68. The predicted octanol–water partition coefficient (Wildman–Crippen LogP) is -1.95. The molecule has 0 aliphatic heterocycles. The molecular weight excluding hydrogens is 222 g/mol. The SMILES string of the molecule is Cn1cnc(S(=O)(=O)NCC(O)CO)c1. The molecule has 0 aliphatic carbocycles. The second kappa shape index (κ2) is 4.71. The third kappa shape index (κ3) is 3.27. The molecule has 0 amide bonds. The molecule has 15 heavy (non-hydrogen) atoms. The second-order valence-electron chi connectivity index (χ2n) is 3.07. The van der Waals surface area contributed by atoms with E-state index in [1.807, 2.05) is 0 Å². The summed E-state index contributed by atoms with van der Waals surface area (Å²) in [6.45, 7) is -0.736. The molecule has 0 radical (unpaired) electrons. The minimum atomic E-state index is -3.70. The van der Waals surface area contributed by atoms with Crippen LogP contribution in [0.3, 0.4) is 0 Å². The first-order valence-corrected chi connectivity index (χ1v) is 5.70. The van der Waals surface area contributed by atoms with Crippen LogP contribution < -0.4 is 4.72 Å². The summed E-state index contributed by atoms with van der Waals surface area (Å²) in [4.78, 5) is 3.66. The molecule has 0 aliphatic rings. The van der Waals surface area contributed by atoms with Gasteiger partial charge in [0.25, 0.3) is 10.0 Å². The lowest BCUT2D eigenvalue weighted by Gasteiger charge is -2.07. The zero-order valence-corrected chi connectivity index (χ0v) is 8.98. The maximum absolute atomic E-state index is 11.5. The van der Waals surface area contributed by atoms with E-state index in [0.29, 0.717) is 0 Å². The van der Waals surface area contributed by atoms with E-state index >= 15 is 0 Å². The van der Waals surface area contributed by atoms with E-state index in [0.717, 1.165) is 0 Å². The number of nitrogens with zero attached hydrogens (tertiary/aromatic N) is 2. The zero-order valence-electron chi connectivity index (χ0n) is 8.16. The molecule has 86 valence electrons. The van der Waals surface area contributed by atoms with Crippen LogP contribution >= 0.6 is 0 Å². The van der Waals surface area contributed by atoms with Gasteiger partial charge in [-0.1, -0.05) is 0 Å².